The van der Waals surface area contributed by atoms with Gasteiger partial charge in [-0.05, 0) is 53.9 Å². The van der Waals surface area contributed by atoms with Crippen LogP contribution in [0.1, 0.15) is 27.5 Å². The minimum Gasteiger partial charge on any atom is -0.345 e. The van der Waals surface area contributed by atoms with Crippen molar-refractivity contribution in [2.75, 3.05) is 0 Å². The molecule has 0 unspecified atom stereocenters. The summed E-state index contributed by atoms with van der Waals surface area (Å²) in [6.45, 7) is 0. The number of rotatable bonds is 7. The lowest BCUT2D eigenvalue weighted by atomic mass is 9.98. The van der Waals surface area contributed by atoms with Crippen LogP contribution in [0.3, 0.4) is 0 Å². The topological polar surface area (TPSA) is 57.8 Å². The molecule has 4 aromatic carbocycles. The third-order valence-corrected chi connectivity index (χ3v) is 6.58. The Balaban J connectivity index is 1.33. The Labute approximate surface area is 219 Å². The third kappa shape index (κ3) is 5.51. The molecule has 0 saturated carbocycles. The first kappa shape index (κ1) is 23.9. The molecule has 4 nitrogen and oxygen atoms in total. The molecule has 36 heavy (non-hydrogen) atoms. The summed E-state index contributed by atoms with van der Waals surface area (Å²) in [5.41, 5.74) is 6.08. The highest BCUT2D eigenvalue weighted by Crippen LogP contribution is 2.31. The van der Waals surface area contributed by atoms with Gasteiger partial charge in [0.2, 0.25) is 0 Å². The molecular formula is C30H23Cl2N3O. The molecule has 1 heterocycles. The van der Waals surface area contributed by atoms with Gasteiger partial charge in [0.1, 0.15) is 0 Å². The van der Waals surface area contributed by atoms with Crippen molar-refractivity contribution in [1.29, 1.82) is 0 Å². The summed E-state index contributed by atoms with van der Waals surface area (Å²) in [6.07, 6.45) is 0.706. The molecule has 1 aromatic heterocycles. The average molecular weight is 512 g/mol. The second-order valence-corrected chi connectivity index (χ2v) is 9.34. The van der Waals surface area contributed by atoms with Crippen molar-refractivity contribution in [1.82, 2.24) is 15.5 Å². The monoisotopic (exact) mass is 511 g/mol. The number of H-pyrrole nitrogens is 1. The van der Waals surface area contributed by atoms with Gasteiger partial charge in [-0.1, -0.05) is 96.0 Å². The van der Waals surface area contributed by atoms with Gasteiger partial charge in [-0.15, -0.1) is 0 Å². The van der Waals surface area contributed by atoms with Crippen LogP contribution in [-0.2, 0) is 6.42 Å². The zero-order chi connectivity index (χ0) is 24.9. The number of halogens is 2. The Kier molecular flexibility index (Phi) is 7.17. The average Bonchev–Trinajstić information content (AvgIpc) is 3.39. The van der Waals surface area contributed by atoms with E-state index in [0.29, 0.717) is 22.0 Å². The molecule has 0 aliphatic heterocycles. The Morgan fingerprint density at radius 3 is 2.22 bits per heavy atom. The van der Waals surface area contributed by atoms with E-state index in [1.54, 1.807) is 12.1 Å². The van der Waals surface area contributed by atoms with Crippen LogP contribution in [0.5, 0.6) is 0 Å². The SMILES string of the molecule is O=C(N[C@H](Cc1ccccc1)c1ccccc1)c1ccc(-c2cc(-c3ccc(Cl)cc3Cl)[nH]n2)cc1. The van der Waals surface area contributed by atoms with Crippen molar-refractivity contribution in [3.8, 4) is 22.5 Å². The minimum atomic E-state index is -0.140. The Hall–Kier alpha value is -3.86. The minimum absolute atomic E-state index is 0.123. The lowest BCUT2D eigenvalue weighted by Crippen LogP contribution is -2.30. The van der Waals surface area contributed by atoms with Crippen molar-refractivity contribution in [2.24, 2.45) is 0 Å². The highest BCUT2D eigenvalue weighted by Gasteiger charge is 2.17. The number of nitrogens with one attached hydrogen (secondary N) is 2. The van der Waals surface area contributed by atoms with Gasteiger partial charge in [0, 0.05) is 21.7 Å². The van der Waals surface area contributed by atoms with E-state index in [0.717, 1.165) is 33.6 Å². The molecule has 2 N–H and O–H groups in total. The Morgan fingerprint density at radius 2 is 1.53 bits per heavy atom. The number of aromatic nitrogens is 2. The molecule has 0 saturated heterocycles. The predicted molar refractivity (Wildman–Crippen MR) is 146 cm³/mol. The maximum Gasteiger partial charge on any atom is 0.251 e. The number of benzene rings is 4. The van der Waals surface area contributed by atoms with Gasteiger partial charge in [0.25, 0.3) is 5.91 Å². The van der Waals surface area contributed by atoms with Crippen LogP contribution in [0, 0.1) is 0 Å². The predicted octanol–water partition coefficient (Wildman–Crippen LogP) is 7.76. The van der Waals surface area contributed by atoms with E-state index in [-0.39, 0.29) is 11.9 Å². The Morgan fingerprint density at radius 1 is 0.833 bits per heavy atom. The van der Waals surface area contributed by atoms with Crippen molar-refractivity contribution >= 4 is 29.1 Å². The summed E-state index contributed by atoms with van der Waals surface area (Å²) < 4.78 is 0. The maximum absolute atomic E-state index is 13.2. The highest BCUT2D eigenvalue weighted by molar-refractivity contribution is 6.36. The number of aromatic amines is 1. The number of carbonyl (C=O) groups is 1. The van der Waals surface area contributed by atoms with Crippen molar-refractivity contribution < 1.29 is 4.79 Å². The normalized spacial score (nSPS) is 11.7. The van der Waals surface area contributed by atoms with E-state index in [9.17, 15) is 4.79 Å². The second-order valence-electron chi connectivity index (χ2n) is 8.49. The summed E-state index contributed by atoms with van der Waals surface area (Å²) in [5, 5.41) is 11.8. The van der Waals surface area contributed by atoms with Crippen LogP contribution in [-0.4, -0.2) is 16.1 Å². The zero-order valence-electron chi connectivity index (χ0n) is 19.3. The van der Waals surface area contributed by atoms with Crippen LogP contribution >= 0.6 is 23.2 Å². The lowest BCUT2D eigenvalue weighted by Gasteiger charge is -2.20. The van der Waals surface area contributed by atoms with Gasteiger partial charge in [0.05, 0.1) is 22.5 Å². The van der Waals surface area contributed by atoms with Crippen molar-refractivity contribution in [3.63, 3.8) is 0 Å². The number of nitrogens with zero attached hydrogens (tertiary/aromatic N) is 1. The summed E-state index contributed by atoms with van der Waals surface area (Å²) >= 11 is 12.3. The van der Waals surface area contributed by atoms with E-state index in [1.165, 1.54) is 0 Å². The molecule has 5 rings (SSSR count). The fourth-order valence-electron chi connectivity index (χ4n) is 4.14. The fourth-order valence-corrected chi connectivity index (χ4v) is 4.65. The van der Waals surface area contributed by atoms with Crippen LogP contribution < -0.4 is 5.32 Å². The van der Waals surface area contributed by atoms with Gasteiger partial charge in [-0.25, -0.2) is 0 Å². The van der Waals surface area contributed by atoms with E-state index >= 15 is 0 Å². The first-order valence-electron chi connectivity index (χ1n) is 11.6. The van der Waals surface area contributed by atoms with E-state index in [2.05, 4.69) is 27.6 Å². The smallest absolute Gasteiger partial charge is 0.251 e. The molecule has 0 aliphatic rings. The highest BCUT2D eigenvalue weighted by atomic mass is 35.5. The fraction of sp³-hybridized carbons (Fsp3) is 0.0667. The molecule has 5 aromatic rings. The molecule has 0 bridgehead atoms. The third-order valence-electron chi connectivity index (χ3n) is 6.03. The van der Waals surface area contributed by atoms with Gasteiger partial charge < -0.3 is 5.32 Å². The molecule has 0 radical (unpaired) electrons. The second kappa shape index (κ2) is 10.8. The zero-order valence-corrected chi connectivity index (χ0v) is 20.8. The molecule has 1 atom stereocenters. The maximum atomic E-state index is 13.2. The van der Waals surface area contributed by atoms with Gasteiger partial charge in [-0.3, -0.25) is 9.89 Å². The van der Waals surface area contributed by atoms with Crippen LogP contribution in [0.4, 0.5) is 0 Å². The van der Waals surface area contributed by atoms with Crippen LogP contribution in [0.2, 0.25) is 10.0 Å². The standard InChI is InChI=1S/C30H23Cl2N3O/c31-24-15-16-25(26(32)18-24)29-19-28(34-35-29)22-11-13-23(14-12-22)30(36)33-27(21-9-5-2-6-10-21)17-20-7-3-1-4-8-20/h1-16,18-19,27H,17H2,(H,33,36)(H,34,35)/t27-/m1/s1. The van der Waals surface area contributed by atoms with Crippen molar-refractivity contribution in [2.45, 2.75) is 12.5 Å². The van der Waals surface area contributed by atoms with E-state index in [4.69, 9.17) is 23.2 Å². The number of hydrogen-bond acceptors (Lipinski definition) is 2. The number of carbonyl (C=O) groups excluding carboxylic acids is 1. The molecule has 0 aliphatic carbocycles. The number of hydrogen-bond donors (Lipinski definition) is 2. The summed E-state index contributed by atoms with van der Waals surface area (Å²) in [7, 11) is 0. The first-order chi connectivity index (χ1) is 17.6. The first-order valence-corrected chi connectivity index (χ1v) is 12.3. The van der Waals surface area contributed by atoms with Gasteiger partial charge in [0.15, 0.2) is 0 Å². The molecule has 178 valence electrons. The lowest BCUT2D eigenvalue weighted by molar-refractivity contribution is 0.0936. The van der Waals surface area contributed by atoms with Gasteiger partial charge >= 0.3 is 0 Å². The summed E-state index contributed by atoms with van der Waals surface area (Å²) in [6, 6.07) is 34.8. The molecule has 0 spiro atoms. The van der Waals surface area contributed by atoms with Crippen molar-refractivity contribution in [3.05, 3.63) is 136 Å². The number of amides is 1. The molecule has 6 heteroatoms. The molecule has 0 fully saturated rings. The largest absolute Gasteiger partial charge is 0.345 e. The Bertz CT molecular complexity index is 1470. The van der Waals surface area contributed by atoms with Crippen LogP contribution in [0.15, 0.2) is 109 Å². The van der Waals surface area contributed by atoms with E-state index in [1.807, 2.05) is 84.9 Å². The molecule has 1 amide bonds. The summed E-state index contributed by atoms with van der Waals surface area (Å²) in [4.78, 5) is 13.2. The van der Waals surface area contributed by atoms with Gasteiger partial charge in [-0.2, -0.15) is 5.10 Å². The van der Waals surface area contributed by atoms with E-state index < -0.39 is 0 Å². The van der Waals surface area contributed by atoms with Crippen LogP contribution in [0.25, 0.3) is 22.5 Å². The quantitative estimate of drug-likeness (QED) is 0.234. The molecular weight excluding hydrogens is 489 g/mol. The summed E-state index contributed by atoms with van der Waals surface area (Å²) in [5.74, 6) is -0.123.